The fourth-order valence-electron chi connectivity index (χ4n) is 3.70. The summed E-state index contributed by atoms with van der Waals surface area (Å²) in [5.41, 5.74) is 5.09. The Bertz CT molecular complexity index is 1610. The Morgan fingerprint density at radius 1 is 0.842 bits per heavy atom. The van der Waals surface area contributed by atoms with E-state index in [1.807, 2.05) is 78.9 Å². The Labute approximate surface area is 228 Å². The highest BCUT2D eigenvalue weighted by molar-refractivity contribution is 7.21. The Balaban J connectivity index is 1.17. The van der Waals surface area contributed by atoms with Crippen LogP contribution in [0.5, 0.6) is 11.5 Å². The van der Waals surface area contributed by atoms with Gasteiger partial charge in [0.25, 0.3) is 5.91 Å². The van der Waals surface area contributed by atoms with Gasteiger partial charge in [-0.2, -0.15) is 5.10 Å². The van der Waals surface area contributed by atoms with Crippen molar-refractivity contribution >= 4 is 51.1 Å². The normalized spacial score (nSPS) is 11.0. The number of thiophene rings is 1. The van der Waals surface area contributed by atoms with E-state index in [1.165, 1.54) is 17.6 Å². The SMILES string of the molecule is O=C(COc1ccc(-c2ccccc2)cc1)N/N=C/c1ccccc1OC(=O)c1sc2ccccc2c1Cl. The number of carbonyl (C=O) groups is 2. The lowest BCUT2D eigenvalue weighted by Gasteiger charge is -2.07. The number of nitrogens with zero attached hydrogens (tertiary/aromatic N) is 1. The maximum absolute atomic E-state index is 12.8. The molecule has 0 spiro atoms. The zero-order valence-corrected chi connectivity index (χ0v) is 21.5. The van der Waals surface area contributed by atoms with Gasteiger partial charge in [-0.3, -0.25) is 4.79 Å². The van der Waals surface area contributed by atoms with E-state index in [4.69, 9.17) is 21.1 Å². The number of hydrogen-bond donors (Lipinski definition) is 1. The largest absolute Gasteiger partial charge is 0.484 e. The molecule has 188 valence electrons. The molecule has 5 aromatic rings. The molecule has 0 aliphatic rings. The van der Waals surface area contributed by atoms with Crippen molar-refractivity contribution in [2.75, 3.05) is 6.61 Å². The van der Waals surface area contributed by atoms with Crippen LogP contribution in [0.1, 0.15) is 15.2 Å². The predicted molar refractivity (Wildman–Crippen MR) is 151 cm³/mol. The van der Waals surface area contributed by atoms with Gasteiger partial charge in [0.15, 0.2) is 6.61 Å². The van der Waals surface area contributed by atoms with Crippen molar-refractivity contribution in [3.63, 3.8) is 0 Å². The summed E-state index contributed by atoms with van der Waals surface area (Å²) in [5, 5.41) is 5.15. The first-order valence-corrected chi connectivity index (χ1v) is 12.9. The maximum Gasteiger partial charge on any atom is 0.355 e. The second-order valence-electron chi connectivity index (χ2n) is 8.14. The molecule has 0 unspecified atom stereocenters. The third kappa shape index (κ3) is 5.91. The molecule has 5 rings (SSSR count). The minimum Gasteiger partial charge on any atom is -0.484 e. The van der Waals surface area contributed by atoms with E-state index in [0.717, 1.165) is 21.2 Å². The van der Waals surface area contributed by atoms with E-state index in [0.29, 0.717) is 27.0 Å². The van der Waals surface area contributed by atoms with Gasteiger partial charge < -0.3 is 9.47 Å². The monoisotopic (exact) mass is 540 g/mol. The molecule has 4 aromatic carbocycles. The average molecular weight is 541 g/mol. The summed E-state index contributed by atoms with van der Waals surface area (Å²) in [6.45, 7) is -0.205. The van der Waals surface area contributed by atoms with Crippen LogP contribution in [-0.2, 0) is 4.79 Å². The van der Waals surface area contributed by atoms with Crippen LogP contribution >= 0.6 is 22.9 Å². The van der Waals surface area contributed by atoms with Gasteiger partial charge in [0, 0.05) is 15.6 Å². The van der Waals surface area contributed by atoms with E-state index in [2.05, 4.69) is 10.5 Å². The summed E-state index contributed by atoms with van der Waals surface area (Å²) < 4.78 is 12.1. The summed E-state index contributed by atoms with van der Waals surface area (Å²) in [5.74, 6) is -0.132. The third-order valence-corrected chi connectivity index (χ3v) is 7.22. The van der Waals surface area contributed by atoms with Gasteiger partial charge in [-0.05, 0) is 41.5 Å². The van der Waals surface area contributed by atoms with Crippen LogP contribution in [0.4, 0.5) is 0 Å². The highest BCUT2D eigenvalue weighted by Crippen LogP contribution is 2.36. The van der Waals surface area contributed by atoms with Gasteiger partial charge in [0.2, 0.25) is 0 Å². The quantitative estimate of drug-likeness (QED) is 0.0997. The number of amides is 1. The van der Waals surface area contributed by atoms with E-state index >= 15 is 0 Å². The molecule has 1 aromatic heterocycles. The van der Waals surface area contributed by atoms with Crippen LogP contribution in [0.25, 0.3) is 21.2 Å². The summed E-state index contributed by atoms with van der Waals surface area (Å²) in [6, 6.07) is 31.9. The summed E-state index contributed by atoms with van der Waals surface area (Å²) in [4.78, 5) is 25.4. The second-order valence-corrected chi connectivity index (χ2v) is 9.57. The van der Waals surface area contributed by atoms with Crippen molar-refractivity contribution in [3.8, 4) is 22.6 Å². The summed E-state index contributed by atoms with van der Waals surface area (Å²) in [6.07, 6.45) is 1.40. The lowest BCUT2D eigenvalue weighted by Crippen LogP contribution is -2.24. The highest BCUT2D eigenvalue weighted by Gasteiger charge is 2.19. The molecule has 1 amide bonds. The first-order chi connectivity index (χ1) is 18.6. The van der Waals surface area contributed by atoms with Crippen LogP contribution in [0.3, 0.4) is 0 Å². The zero-order valence-electron chi connectivity index (χ0n) is 20.0. The van der Waals surface area contributed by atoms with Gasteiger partial charge in [-0.25, -0.2) is 10.2 Å². The van der Waals surface area contributed by atoms with Crippen LogP contribution in [0.2, 0.25) is 5.02 Å². The first-order valence-electron chi connectivity index (χ1n) is 11.7. The number of halogens is 1. The topological polar surface area (TPSA) is 77.0 Å². The lowest BCUT2D eigenvalue weighted by molar-refractivity contribution is -0.123. The smallest absolute Gasteiger partial charge is 0.355 e. The number of carbonyl (C=O) groups excluding carboxylic acids is 2. The molecule has 0 atom stereocenters. The van der Waals surface area contributed by atoms with Crippen molar-refractivity contribution in [1.29, 1.82) is 0 Å². The number of para-hydroxylation sites is 1. The summed E-state index contributed by atoms with van der Waals surface area (Å²) in [7, 11) is 0. The lowest BCUT2D eigenvalue weighted by atomic mass is 10.1. The highest BCUT2D eigenvalue weighted by atomic mass is 35.5. The van der Waals surface area contributed by atoms with Gasteiger partial charge in [0.05, 0.1) is 11.2 Å². The molecular formula is C30H21ClN2O4S. The molecule has 0 fully saturated rings. The fourth-order valence-corrected chi connectivity index (χ4v) is 5.09. The minimum atomic E-state index is -0.562. The van der Waals surface area contributed by atoms with Crippen LogP contribution in [0.15, 0.2) is 108 Å². The van der Waals surface area contributed by atoms with Crippen molar-refractivity contribution in [2.24, 2.45) is 5.10 Å². The first kappa shape index (κ1) is 25.2. The summed E-state index contributed by atoms with van der Waals surface area (Å²) >= 11 is 7.68. The minimum absolute atomic E-state index is 0.205. The number of rotatable bonds is 8. The standard InChI is InChI=1S/C30H21ClN2O4S/c31-28-24-11-5-7-13-26(24)38-29(28)30(35)37-25-12-6-4-10-22(25)18-32-33-27(34)19-36-23-16-14-21(15-17-23)20-8-2-1-3-9-20/h1-18H,19H2,(H,33,34)/b32-18+. The van der Waals surface area contributed by atoms with E-state index in [-0.39, 0.29) is 6.61 Å². The van der Waals surface area contributed by atoms with Crippen molar-refractivity contribution in [2.45, 2.75) is 0 Å². The fraction of sp³-hybridized carbons (Fsp3) is 0.0333. The maximum atomic E-state index is 12.8. The molecule has 0 saturated heterocycles. The Morgan fingerprint density at radius 3 is 2.32 bits per heavy atom. The van der Waals surface area contributed by atoms with Crippen LogP contribution in [0, 0.1) is 0 Å². The van der Waals surface area contributed by atoms with Crippen molar-refractivity contribution in [1.82, 2.24) is 5.43 Å². The molecule has 1 heterocycles. The number of esters is 1. The number of fused-ring (bicyclic) bond motifs is 1. The molecule has 1 N–H and O–H groups in total. The zero-order chi connectivity index (χ0) is 26.3. The van der Waals surface area contributed by atoms with Gasteiger partial charge in [-0.15, -0.1) is 11.3 Å². The Kier molecular flexibility index (Phi) is 7.78. The molecule has 8 heteroatoms. The van der Waals surface area contributed by atoms with Gasteiger partial charge in [-0.1, -0.05) is 84.4 Å². The average Bonchev–Trinajstić information content (AvgIpc) is 3.30. The van der Waals surface area contributed by atoms with Gasteiger partial charge >= 0.3 is 5.97 Å². The number of hydrogen-bond acceptors (Lipinski definition) is 6. The molecule has 6 nitrogen and oxygen atoms in total. The predicted octanol–water partition coefficient (Wildman–Crippen LogP) is 6.97. The van der Waals surface area contributed by atoms with E-state index in [9.17, 15) is 9.59 Å². The molecule has 0 aliphatic carbocycles. The molecule has 0 aliphatic heterocycles. The molecule has 0 bridgehead atoms. The molecule has 0 saturated carbocycles. The van der Waals surface area contributed by atoms with Gasteiger partial charge in [0.1, 0.15) is 16.4 Å². The Hall–Kier alpha value is -4.46. The number of benzene rings is 4. The van der Waals surface area contributed by atoms with Crippen LogP contribution in [-0.4, -0.2) is 24.7 Å². The molecule has 0 radical (unpaired) electrons. The number of ether oxygens (including phenoxy) is 2. The molecular weight excluding hydrogens is 520 g/mol. The second kappa shape index (κ2) is 11.7. The van der Waals surface area contributed by atoms with Crippen molar-refractivity contribution in [3.05, 3.63) is 119 Å². The third-order valence-electron chi connectivity index (χ3n) is 5.57. The van der Waals surface area contributed by atoms with Crippen molar-refractivity contribution < 1.29 is 19.1 Å². The van der Waals surface area contributed by atoms with E-state index < -0.39 is 11.9 Å². The number of nitrogens with one attached hydrogen (secondary N) is 1. The molecule has 38 heavy (non-hydrogen) atoms. The van der Waals surface area contributed by atoms with Crippen LogP contribution < -0.4 is 14.9 Å². The Morgan fingerprint density at radius 2 is 1.53 bits per heavy atom. The number of hydrazone groups is 1. The van der Waals surface area contributed by atoms with E-state index in [1.54, 1.807) is 24.3 Å².